The number of ether oxygens (including phenoxy) is 1. The third kappa shape index (κ3) is 5.39. The fraction of sp³-hybridized carbons (Fsp3) is 0.208. The number of carbonyl (C=O) groups excluding carboxylic acids is 2. The number of hydrogen-bond acceptors (Lipinski definition) is 4. The molecule has 2 aromatic carbocycles. The quantitative estimate of drug-likeness (QED) is 0.492. The second kappa shape index (κ2) is 10.0. The molecule has 0 unspecified atom stereocenters. The molecule has 0 saturated carbocycles. The first kappa shape index (κ1) is 22.1. The number of halogens is 2. The fourth-order valence-electron chi connectivity index (χ4n) is 3.42. The number of hydrogen-bond donors (Lipinski definition) is 1. The van der Waals surface area contributed by atoms with Gasteiger partial charge in [0.2, 0.25) is 5.88 Å². The van der Waals surface area contributed by atoms with Gasteiger partial charge in [-0.2, -0.15) is 0 Å². The molecule has 0 spiro atoms. The summed E-state index contributed by atoms with van der Waals surface area (Å²) in [5.74, 6) is 0.664. The van der Waals surface area contributed by atoms with Gasteiger partial charge in [0, 0.05) is 30.3 Å². The van der Waals surface area contributed by atoms with Gasteiger partial charge in [-0.25, -0.2) is 4.98 Å². The van der Waals surface area contributed by atoms with Crippen LogP contribution in [0.25, 0.3) is 0 Å². The first-order chi connectivity index (χ1) is 15.5. The van der Waals surface area contributed by atoms with E-state index in [1.165, 1.54) is 18.7 Å². The molecule has 0 aliphatic carbocycles. The van der Waals surface area contributed by atoms with E-state index >= 15 is 0 Å². The van der Waals surface area contributed by atoms with Crippen molar-refractivity contribution in [2.45, 2.75) is 19.3 Å². The number of amides is 2. The van der Waals surface area contributed by atoms with E-state index in [2.05, 4.69) is 10.3 Å². The largest absolute Gasteiger partial charge is 0.439 e. The molecule has 0 bridgehead atoms. The minimum atomic E-state index is -0.326. The molecule has 1 aliphatic rings. The van der Waals surface area contributed by atoms with Gasteiger partial charge >= 0.3 is 0 Å². The summed E-state index contributed by atoms with van der Waals surface area (Å²) in [6.07, 6.45) is 4.80. The zero-order valence-corrected chi connectivity index (χ0v) is 18.7. The van der Waals surface area contributed by atoms with E-state index in [0.29, 0.717) is 38.5 Å². The normalized spacial score (nSPS) is 13.5. The Kier molecular flexibility index (Phi) is 6.93. The number of carbonyl (C=O) groups is 2. The lowest BCUT2D eigenvalue weighted by Gasteiger charge is -2.26. The molecule has 1 aliphatic heterocycles. The van der Waals surface area contributed by atoms with Crippen molar-refractivity contribution in [3.05, 3.63) is 82.0 Å². The smallest absolute Gasteiger partial charge is 0.255 e. The molecule has 1 N–H and O–H groups in total. The lowest BCUT2D eigenvalue weighted by molar-refractivity contribution is 0.0724. The number of nitrogens with one attached hydrogen (secondary N) is 1. The van der Waals surface area contributed by atoms with Crippen LogP contribution in [0, 0.1) is 0 Å². The van der Waals surface area contributed by atoms with Crippen molar-refractivity contribution in [1.82, 2.24) is 9.88 Å². The number of pyridine rings is 1. The van der Waals surface area contributed by atoms with E-state index in [9.17, 15) is 9.59 Å². The SMILES string of the molecule is O=C(Nc1ccc(Oc2ccc(C(=O)N3CCCCC3)cc2)nc1)c1ccc(Cl)c(Cl)c1. The Morgan fingerprint density at radius 1 is 0.875 bits per heavy atom. The number of likely N-dealkylation sites (tertiary alicyclic amines) is 1. The number of nitrogens with zero attached hydrogens (tertiary/aromatic N) is 2. The molecule has 3 aromatic rings. The summed E-state index contributed by atoms with van der Waals surface area (Å²) in [6, 6.07) is 15.0. The highest BCUT2D eigenvalue weighted by atomic mass is 35.5. The van der Waals surface area contributed by atoms with Gasteiger partial charge in [-0.3, -0.25) is 9.59 Å². The fourth-order valence-corrected chi connectivity index (χ4v) is 3.72. The first-order valence-corrected chi connectivity index (χ1v) is 11.0. The van der Waals surface area contributed by atoms with E-state index < -0.39 is 0 Å². The van der Waals surface area contributed by atoms with Crippen LogP contribution in [0.2, 0.25) is 10.0 Å². The standard InChI is InChI=1S/C24H21Cl2N3O3/c25-20-10-6-17(14-21(20)26)23(30)28-18-7-11-22(27-15-18)32-19-8-4-16(5-9-19)24(31)29-12-2-1-3-13-29/h4-11,14-15H,1-3,12-13H2,(H,28,30). The highest BCUT2D eigenvalue weighted by Gasteiger charge is 2.18. The maximum Gasteiger partial charge on any atom is 0.255 e. The number of anilines is 1. The Morgan fingerprint density at radius 3 is 2.25 bits per heavy atom. The van der Waals surface area contributed by atoms with Gasteiger partial charge in [0.15, 0.2) is 0 Å². The summed E-state index contributed by atoms with van der Waals surface area (Å²) < 4.78 is 5.75. The van der Waals surface area contributed by atoms with Crippen LogP contribution in [0.1, 0.15) is 40.0 Å². The van der Waals surface area contributed by atoms with Crippen LogP contribution in [0.3, 0.4) is 0 Å². The zero-order valence-electron chi connectivity index (χ0n) is 17.2. The van der Waals surface area contributed by atoms with Crippen molar-refractivity contribution >= 4 is 40.7 Å². The molecule has 1 fully saturated rings. The minimum Gasteiger partial charge on any atom is -0.439 e. The van der Waals surface area contributed by atoms with Crippen LogP contribution in [0.4, 0.5) is 5.69 Å². The van der Waals surface area contributed by atoms with Crippen molar-refractivity contribution < 1.29 is 14.3 Å². The Labute approximate surface area is 196 Å². The van der Waals surface area contributed by atoms with Crippen molar-refractivity contribution in [2.75, 3.05) is 18.4 Å². The highest BCUT2D eigenvalue weighted by molar-refractivity contribution is 6.42. The summed E-state index contributed by atoms with van der Waals surface area (Å²) in [5.41, 5.74) is 1.54. The van der Waals surface area contributed by atoms with Gasteiger partial charge in [-0.05, 0) is 67.8 Å². The third-order valence-electron chi connectivity index (χ3n) is 5.14. The topological polar surface area (TPSA) is 71.5 Å². The van der Waals surface area contributed by atoms with Gasteiger partial charge < -0.3 is 15.0 Å². The number of aromatic nitrogens is 1. The number of piperidine rings is 1. The van der Waals surface area contributed by atoms with Gasteiger partial charge in [-0.1, -0.05) is 23.2 Å². The minimum absolute atomic E-state index is 0.0523. The molecule has 32 heavy (non-hydrogen) atoms. The molecule has 0 atom stereocenters. The maximum atomic E-state index is 12.6. The predicted octanol–water partition coefficient (Wildman–Crippen LogP) is 6.06. The molecule has 8 heteroatoms. The molecule has 0 radical (unpaired) electrons. The van der Waals surface area contributed by atoms with E-state index in [-0.39, 0.29) is 11.8 Å². The van der Waals surface area contributed by atoms with E-state index in [1.54, 1.807) is 48.5 Å². The van der Waals surface area contributed by atoms with Gasteiger partial charge in [-0.15, -0.1) is 0 Å². The molecule has 2 amide bonds. The Bertz CT molecular complexity index is 1110. The Morgan fingerprint density at radius 2 is 1.59 bits per heavy atom. The summed E-state index contributed by atoms with van der Waals surface area (Å²) in [4.78, 5) is 31.0. The van der Waals surface area contributed by atoms with Crippen LogP contribution in [-0.2, 0) is 0 Å². The molecule has 4 rings (SSSR count). The van der Waals surface area contributed by atoms with Gasteiger partial charge in [0.05, 0.1) is 21.9 Å². The van der Waals surface area contributed by atoms with Crippen molar-refractivity contribution in [1.29, 1.82) is 0 Å². The van der Waals surface area contributed by atoms with E-state index in [1.807, 2.05) is 4.90 Å². The van der Waals surface area contributed by atoms with Crippen LogP contribution in [0.15, 0.2) is 60.8 Å². The third-order valence-corrected chi connectivity index (χ3v) is 5.88. The molecule has 1 aromatic heterocycles. The Balaban J connectivity index is 1.35. The number of benzene rings is 2. The highest BCUT2D eigenvalue weighted by Crippen LogP contribution is 2.24. The second-order valence-electron chi connectivity index (χ2n) is 7.45. The van der Waals surface area contributed by atoms with Crippen molar-refractivity contribution in [3.8, 4) is 11.6 Å². The van der Waals surface area contributed by atoms with Crippen LogP contribution in [-0.4, -0.2) is 34.8 Å². The number of rotatable bonds is 5. The van der Waals surface area contributed by atoms with E-state index in [4.69, 9.17) is 27.9 Å². The van der Waals surface area contributed by atoms with Crippen LogP contribution < -0.4 is 10.1 Å². The Hall–Kier alpha value is -3.09. The van der Waals surface area contributed by atoms with Crippen LogP contribution >= 0.6 is 23.2 Å². The lowest BCUT2D eigenvalue weighted by atomic mass is 10.1. The van der Waals surface area contributed by atoms with Crippen LogP contribution in [0.5, 0.6) is 11.6 Å². The lowest BCUT2D eigenvalue weighted by Crippen LogP contribution is -2.35. The first-order valence-electron chi connectivity index (χ1n) is 10.3. The zero-order chi connectivity index (χ0) is 22.5. The summed E-state index contributed by atoms with van der Waals surface area (Å²) >= 11 is 11.8. The predicted molar refractivity (Wildman–Crippen MR) is 125 cm³/mol. The van der Waals surface area contributed by atoms with Gasteiger partial charge in [0.1, 0.15) is 5.75 Å². The second-order valence-corrected chi connectivity index (χ2v) is 8.26. The molecule has 1 saturated heterocycles. The molecular formula is C24H21Cl2N3O3. The monoisotopic (exact) mass is 469 g/mol. The summed E-state index contributed by atoms with van der Waals surface area (Å²) in [7, 11) is 0. The molecule has 2 heterocycles. The summed E-state index contributed by atoms with van der Waals surface area (Å²) in [5, 5.41) is 3.44. The molecule has 6 nitrogen and oxygen atoms in total. The summed E-state index contributed by atoms with van der Waals surface area (Å²) in [6.45, 7) is 1.63. The van der Waals surface area contributed by atoms with Crippen molar-refractivity contribution in [2.24, 2.45) is 0 Å². The van der Waals surface area contributed by atoms with E-state index in [0.717, 1.165) is 25.9 Å². The average Bonchev–Trinajstić information content (AvgIpc) is 2.82. The van der Waals surface area contributed by atoms with Crippen molar-refractivity contribution in [3.63, 3.8) is 0 Å². The maximum absolute atomic E-state index is 12.6. The van der Waals surface area contributed by atoms with Gasteiger partial charge in [0.25, 0.3) is 11.8 Å². The molecular weight excluding hydrogens is 449 g/mol. The molecule has 164 valence electrons. The average molecular weight is 470 g/mol.